The Labute approximate surface area is 135 Å². The summed E-state index contributed by atoms with van der Waals surface area (Å²) < 4.78 is 29.6. The first-order valence-corrected chi connectivity index (χ1v) is 8.30. The van der Waals surface area contributed by atoms with Crippen LogP contribution in [0.15, 0.2) is 53.4 Å². The van der Waals surface area contributed by atoms with Gasteiger partial charge in [-0.15, -0.1) is 0 Å². The molecular formula is C16H17NO5S. The highest BCUT2D eigenvalue weighted by molar-refractivity contribution is 7.87. The zero-order chi connectivity index (χ0) is 17.3. The molecule has 7 heteroatoms. The van der Waals surface area contributed by atoms with Gasteiger partial charge < -0.3 is 4.18 Å². The maximum atomic E-state index is 12.3. The molecule has 0 saturated heterocycles. The van der Waals surface area contributed by atoms with Crippen molar-refractivity contribution in [3.8, 4) is 5.75 Å². The van der Waals surface area contributed by atoms with Crippen LogP contribution in [0, 0.1) is 10.1 Å². The van der Waals surface area contributed by atoms with Gasteiger partial charge >= 0.3 is 10.1 Å². The molecule has 2 rings (SSSR count). The third-order valence-corrected chi connectivity index (χ3v) is 4.55. The van der Waals surface area contributed by atoms with Crippen molar-refractivity contribution in [2.24, 2.45) is 0 Å². The molecule has 0 amide bonds. The maximum Gasteiger partial charge on any atom is 0.346 e. The monoisotopic (exact) mass is 335 g/mol. The van der Waals surface area contributed by atoms with E-state index in [4.69, 9.17) is 4.18 Å². The number of nitrogens with zero attached hydrogens (tertiary/aromatic N) is 1. The summed E-state index contributed by atoms with van der Waals surface area (Å²) in [4.78, 5) is 9.74. The number of nitro groups is 1. The minimum atomic E-state index is -4.28. The van der Waals surface area contributed by atoms with Crippen LogP contribution in [0.25, 0.3) is 0 Å². The van der Waals surface area contributed by atoms with Crippen LogP contribution >= 0.6 is 0 Å². The molecule has 0 fully saturated rings. The SMILES string of the molecule is CC(C)(C)c1ccc(OS(=O)(=O)c2ccccc2[N+](=O)[O-])cc1. The van der Waals surface area contributed by atoms with Crippen LogP contribution in [0.1, 0.15) is 26.3 Å². The van der Waals surface area contributed by atoms with E-state index < -0.39 is 25.6 Å². The predicted octanol–water partition coefficient (Wildman–Crippen LogP) is 3.66. The van der Waals surface area contributed by atoms with Crippen molar-refractivity contribution >= 4 is 15.8 Å². The van der Waals surface area contributed by atoms with E-state index in [0.717, 1.165) is 17.7 Å². The second-order valence-electron chi connectivity index (χ2n) is 6.04. The van der Waals surface area contributed by atoms with Gasteiger partial charge in [-0.2, -0.15) is 8.42 Å². The van der Waals surface area contributed by atoms with Crippen LogP contribution in [0.3, 0.4) is 0 Å². The topological polar surface area (TPSA) is 86.5 Å². The number of hydrogen-bond acceptors (Lipinski definition) is 5. The van der Waals surface area contributed by atoms with Crippen molar-refractivity contribution in [2.45, 2.75) is 31.1 Å². The van der Waals surface area contributed by atoms with E-state index >= 15 is 0 Å². The van der Waals surface area contributed by atoms with E-state index in [9.17, 15) is 18.5 Å². The Morgan fingerprint density at radius 2 is 1.57 bits per heavy atom. The van der Waals surface area contributed by atoms with Crippen LogP contribution in [0.2, 0.25) is 0 Å². The molecule has 23 heavy (non-hydrogen) atoms. The van der Waals surface area contributed by atoms with Gasteiger partial charge in [-0.1, -0.05) is 45.0 Å². The first-order chi connectivity index (χ1) is 10.6. The molecule has 0 spiro atoms. The lowest BCUT2D eigenvalue weighted by atomic mass is 9.87. The molecule has 0 atom stereocenters. The third kappa shape index (κ3) is 3.87. The Bertz CT molecular complexity index is 820. The Morgan fingerprint density at radius 1 is 1.00 bits per heavy atom. The van der Waals surface area contributed by atoms with Crippen molar-refractivity contribution < 1.29 is 17.5 Å². The summed E-state index contributed by atoms with van der Waals surface area (Å²) in [5, 5.41) is 11.0. The largest absolute Gasteiger partial charge is 0.379 e. The molecule has 2 aromatic carbocycles. The molecular weight excluding hydrogens is 318 g/mol. The molecule has 0 bridgehead atoms. The van der Waals surface area contributed by atoms with Crippen molar-refractivity contribution in [1.82, 2.24) is 0 Å². The van der Waals surface area contributed by atoms with E-state index in [1.807, 2.05) is 20.8 Å². The zero-order valence-electron chi connectivity index (χ0n) is 13.0. The molecule has 0 saturated carbocycles. The first-order valence-electron chi connectivity index (χ1n) is 6.90. The van der Waals surface area contributed by atoms with Gasteiger partial charge in [0.1, 0.15) is 5.75 Å². The van der Waals surface area contributed by atoms with Gasteiger partial charge in [-0.05, 0) is 29.2 Å². The standard InChI is InChI=1S/C16H17NO5S/c1-16(2,3)12-8-10-13(11-9-12)22-23(20,21)15-7-5-4-6-14(15)17(18)19/h4-11H,1-3H3. The number of nitro benzene ring substituents is 1. The fourth-order valence-corrected chi connectivity index (χ4v) is 3.10. The molecule has 0 heterocycles. The molecule has 0 aliphatic heterocycles. The average Bonchev–Trinajstić information content (AvgIpc) is 2.46. The minimum Gasteiger partial charge on any atom is -0.379 e. The molecule has 0 aliphatic rings. The molecule has 0 aliphatic carbocycles. The fraction of sp³-hybridized carbons (Fsp3) is 0.250. The van der Waals surface area contributed by atoms with Crippen molar-refractivity contribution in [3.05, 3.63) is 64.2 Å². The van der Waals surface area contributed by atoms with Crippen molar-refractivity contribution in [2.75, 3.05) is 0 Å². The Kier molecular flexibility index (Phi) is 4.42. The molecule has 122 valence electrons. The van der Waals surface area contributed by atoms with E-state index in [0.29, 0.717) is 0 Å². The van der Waals surface area contributed by atoms with Gasteiger partial charge in [0.15, 0.2) is 4.90 Å². The highest BCUT2D eigenvalue weighted by atomic mass is 32.2. The summed E-state index contributed by atoms with van der Waals surface area (Å²) in [6, 6.07) is 11.7. The molecule has 6 nitrogen and oxygen atoms in total. The molecule has 2 aromatic rings. The van der Waals surface area contributed by atoms with Crippen molar-refractivity contribution in [1.29, 1.82) is 0 Å². The van der Waals surface area contributed by atoms with Gasteiger partial charge in [0.25, 0.3) is 5.69 Å². The van der Waals surface area contributed by atoms with Crippen LogP contribution < -0.4 is 4.18 Å². The Hall–Kier alpha value is -2.41. The Morgan fingerprint density at radius 3 is 2.09 bits per heavy atom. The van der Waals surface area contributed by atoms with E-state index in [1.54, 1.807) is 12.1 Å². The second kappa shape index (κ2) is 6.00. The molecule has 0 unspecified atom stereocenters. The molecule has 0 radical (unpaired) electrons. The van der Waals surface area contributed by atoms with Crippen LogP contribution in [-0.4, -0.2) is 13.3 Å². The average molecular weight is 335 g/mol. The van der Waals surface area contributed by atoms with E-state index in [2.05, 4.69) is 0 Å². The third-order valence-electron chi connectivity index (χ3n) is 3.26. The fourth-order valence-electron chi connectivity index (χ4n) is 2.00. The van der Waals surface area contributed by atoms with E-state index in [1.165, 1.54) is 24.3 Å². The first kappa shape index (κ1) is 17.0. The van der Waals surface area contributed by atoms with Crippen LogP contribution in [0.4, 0.5) is 5.69 Å². The highest BCUT2D eigenvalue weighted by Gasteiger charge is 2.27. The zero-order valence-corrected chi connectivity index (χ0v) is 13.8. The molecule has 0 aromatic heterocycles. The normalized spacial score (nSPS) is 12.0. The minimum absolute atomic E-state index is 0.0738. The second-order valence-corrected chi connectivity index (χ2v) is 7.55. The van der Waals surface area contributed by atoms with Gasteiger partial charge in [0.2, 0.25) is 0 Å². The molecule has 0 N–H and O–H groups in total. The van der Waals surface area contributed by atoms with Gasteiger partial charge in [-0.3, -0.25) is 10.1 Å². The number of benzene rings is 2. The smallest absolute Gasteiger partial charge is 0.346 e. The van der Waals surface area contributed by atoms with Crippen molar-refractivity contribution in [3.63, 3.8) is 0 Å². The number of hydrogen-bond donors (Lipinski definition) is 0. The lowest BCUT2D eigenvalue weighted by Gasteiger charge is -2.19. The van der Waals surface area contributed by atoms with Crippen LogP contribution in [-0.2, 0) is 15.5 Å². The lowest BCUT2D eigenvalue weighted by Crippen LogP contribution is -2.13. The predicted molar refractivity (Wildman–Crippen MR) is 86.1 cm³/mol. The van der Waals surface area contributed by atoms with Gasteiger partial charge in [-0.25, -0.2) is 0 Å². The quantitative estimate of drug-likeness (QED) is 0.483. The summed E-state index contributed by atoms with van der Waals surface area (Å²) in [7, 11) is -4.28. The summed E-state index contributed by atoms with van der Waals surface area (Å²) in [5.41, 5.74) is 0.432. The number of rotatable bonds is 4. The lowest BCUT2D eigenvalue weighted by molar-refractivity contribution is -0.387. The Balaban J connectivity index is 2.34. The van der Waals surface area contributed by atoms with Gasteiger partial charge in [0.05, 0.1) is 4.92 Å². The van der Waals surface area contributed by atoms with E-state index in [-0.39, 0.29) is 11.2 Å². The number of para-hydroxylation sites is 1. The highest BCUT2D eigenvalue weighted by Crippen LogP contribution is 2.28. The summed E-state index contributed by atoms with van der Waals surface area (Å²) in [6.45, 7) is 6.10. The summed E-state index contributed by atoms with van der Waals surface area (Å²) in [6.07, 6.45) is 0. The summed E-state index contributed by atoms with van der Waals surface area (Å²) in [5.74, 6) is 0.108. The van der Waals surface area contributed by atoms with Crippen LogP contribution in [0.5, 0.6) is 5.75 Å². The van der Waals surface area contributed by atoms with Gasteiger partial charge in [0, 0.05) is 6.07 Å². The summed E-state index contributed by atoms with van der Waals surface area (Å²) >= 11 is 0. The maximum absolute atomic E-state index is 12.3.